The summed E-state index contributed by atoms with van der Waals surface area (Å²) in [5.41, 5.74) is 1.35. The van der Waals surface area contributed by atoms with Crippen LogP contribution in [-0.2, 0) is 16.7 Å². The van der Waals surface area contributed by atoms with Gasteiger partial charge in [0.1, 0.15) is 6.54 Å². The fraction of sp³-hybridized carbons (Fsp3) is 0.615. The highest BCUT2D eigenvalue weighted by Gasteiger charge is 1.98. The van der Waals surface area contributed by atoms with Gasteiger partial charge >= 0.3 is 0 Å². The Morgan fingerprint density at radius 3 is 2.39 bits per heavy atom. The Kier molecular flexibility index (Phi) is 8.58. The van der Waals surface area contributed by atoms with Crippen LogP contribution in [0.5, 0.6) is 0 Å². The van der Waals surface area contributed by atoms with Gasteiger partial charge in [0, 0.05) is 24.3 Å². The molecule has 104 valence electrons. The number of rotatable bonds is 5. The van der Waals surface area contributed by atoms with E-state index in [0.29, 0.717) is 6.26 Å². The summed E-state index contributed by atoms with van der Waals surface area (Å²) in [7, 11) is -3.92. The zero-order valence-corrected chi connectivity index (χ0v) is 12.2. The minimum atomic E-state index is -3.92. The van der Waals surface area contributed by atoms with Crippen LogP contribution in [0.1, 0.15) is 38.2 Å². The highest BCUT2D eigenvalue weighted by molar-refractivity contribution is 7.84. The summed E-state index contributed by atoms with van der Waals surface area (Å²) in [5.74, 6) is 0. The maximum Gasteiger partial charge on any atom is 0.171 e. The quantitative estimate of drug-likeness (QED) is 0.468. The van der Waals surface area contributed by atoms with Gasteiger partial charge in [-0.15, -0.1) is 0 Å². The Bertz CT molecular complexity index is 422. The normalized spacial score (nSPS) is 10.7. The largest absolute Gasteiger partial charge is 0.748 e. The molecular formula is C13H23NO3S. The lowest BCUT2D eigenvalue weighted by molar-refractivity contribution is -0.697. The molecule has 0 aliphatic heterocycles. The maximum atomic E-state index is 9.08. The molecule has 0 aliphatic carbocycles. The van der Waals surface area contributed by atoms with Crippen molar-refractivity contribution in [3.63, 3.8) is 0 Å². The first-order chi connectivity index (χ1) is 8.33. The van der Waals surface area contributed by atoms with Crippen LogP contribution in [0.25, 0.3) is 0 Å². The predicted molar refractivity (Wildman–Crippen MR) is 71.1 cm³/mol. The van der Waals surface area contributed by atoms with Crippen LogP contribution in [0.3, 0.4) is 0 Å². The zero-order chi connectivity index (χ0) is 14.0. The molecule has 0 spiro atoms. The smallest absolute Gasteiger partial charge is 0.171 e. The number of aryl methyl sites for hydroxylation is 2. The summed E-state index contributed by atoms with van der Waals surface area (Å²) >= 11 is 0. The minimum Gasteiger partial charge on any atom is -0.748 e. The Morgan fingerprint density at radius 1 is 1.28 bits per heavy atom. The van der Waals surface area contributed by atoms with E-state index in [2.05, 4.69) is 42.9 Å². The number of nitrogens with zero attached hydrogens (tertiary/aromatic N) is 1. The van der Waals surface area contributed by atoms with E-state index < -0.39 is 10.1 Å². The van der Waals surface area contributed by atoms with Crippen LogP contribution >= 0.6 is 0 Å². The molecule has 0 saturated heterocycles. The summed E-state index contributed by atoms with van der Waals surface area (Å²) in [6.45, 7) is 5.56. The molecule has 0 fully saturated rings. The molecule has 1 heterocycles. The third-order valence-corrected chi connectivity index (χ3v) is 2.28. The molecule has 0 aromatic carbocycles. The average Bonchev–Trinajstić information content (AvgIpc) is 2.22. The van der Waals surface area contributed by atoms with Crippen LogP contribution in [-0.4, -0.2) is 19.2 Å². The first-order valence-electron chi connectivity index (χ1n) is 6.19. The van der Waals surface area contributed by atoms with E-state index in [1.165, 1.54) is 37.8 Å². The van der Waals surface area contributed by atoms with E-state index in [-0.39, 0.29) is 0 Å². The molecule has 0 amide bonds. The molecule has 1 aromatic heterocycles. The van der Waals surface area contributed by atoms with Crippen molar-refractivity contribution in [3.8, 4) is 0 Å². The molecule has 4 nitrogen and oxygen atoms in total. The Labute approximate surface area is 110 Å². The van der Waals surface area contributed by atoms with Crippen molar-refractivity contribution in [3.05, 3.63) is 30.1 Å². The standard InChI is InChI=1S/C12H20N.CH4O3S/c1-3-4-5-6-9-13-10-7-8-12(2)11-13;1-5(2,3)4/h7-8,10-11H,3-6,9H2,1-2H3;1H3,(H,2,3,4)/q+1;/p-1. The van der Waals surface area contributed by atoms with Crippen molar-refractivity contribution in [2.75, 3.05) is 6.26 Å². The van der Waals surface area contributed by atoms with E-state index in [9.17, 15) is 0 Å². The van der Waals surface area contributed by atoms with Crippen molar-refractivity contribution in [1.82, 2.24) is 0 Å². The second-order valence-corrected chi connectivity index (χ2v) is 5.79. The third kappa shape index (κ3) is 13.1. The van der Waals surface area contributed by atoms with Crippen LogP contribution in [0.2, 0.25) is 0 Å². The summed E-state index contributed by atoms with van der Waals surface area (Å²) in [6, 6.07) is 4.26. The van der Waals surface area contributed by atoms with Gasteiger partial charge in [0.05, 0.1) is 10.1 Å². The molecule has 18 heavy (non-hydrogen) atoms. The van der Waals surface area contributed by atoms with Gasteiger partial charge in [-0.05, 0) is 19.4 Å². The first-order valence-corrected chi connectivity index (χ1v) is 8.01. The highest BCUT2D eigenvalue weighted by Crippen LogP contribution is 1.98. The molecule has 0 atom stereocenters. The van der Waals surface area contributed by atoms with Gasteiger partial charge in [0.25, 0.3) is 0 Å². The van der Waals surface area contributed by atoms with Crippen LogP contribution in [0.15, 0.2) is 24.5 Å². The van der Waals surface area contributed by atoms with Gasteiger partial charge in [0.2, 0.25) is 0 Å². The third-order valence-electron chi connectivity index (χ3n) is 2.28. The lowest BCUT2D eigenvalue weighted by Crippen LogP contribution is -2.32. The van der Waals surface area contributed by atoms with E-state index in [1.807, 2.05) is 0 Å². The minimum absolute atomic E-state index is 0.604. The molecule has 0 radical (unpaired) electrons. The van der Waals surface area contributed by atoms with E-state index in [0.717, 1.165) is 0 Å². The van der Waals surface area contributed by atoms with Crippen molar-refractivity contribution >= 4 is 10.1 Å². The number of hydrogen-bond donors (Lipinski definition) is 0. The molecule has 0 saturated carbocycles. The molecule has 1 rings (SSSR count). The van der Waals surface area contributed by atoms with E-state index in [1.54, 1.807) is 0 Å². The fourth-order valence-corrected chi connectivity index (χ4v) is 1.51. The number of pyridine rings is 1. The van der Waals surface area contributed by atoms with E-state index in [4.69, 9.17) is 13.0 Å². The summed E-state index contributed by atoms with van der Waals surface area (Å²) in [4.78, 5) is 0. The number of aromatic nitrogens is 1. The molecule has 0 bridgehead atoms. The van der Waals surface area contributed by atoms with Crippen molar-refractivity contribution in [2.45, 2.75) is 46.1 Å². The van der Waals surface area contributed by atoms with Gasteiger partial charge < -0.3 is 4.55 Å². The lowest BCUT2D eigenvalue weighted by atomic mass is 10.2. The van der Waals surface area contributed by atoms with E-state index >= 15 is 0 Å². The summed E-state index contributed by atoms with van der Waals surface area (Å²) in [5, 5.41) is 0. The Hall–Kier alpha value is -0.940. The van der Waals surface area contributed by atoms with Gasteiger partial charge in [-0.2, -0.15) is 0 Å². The molecule has 5 heteroatoms. The lowest BCUT2D eigenvalue weighted by Gasteiger charge is -1.97. The van der Waals surface area contributed by atoms with Crippen molar-refractivity contribution in [1.29, 1.82) is 0 Å². The average molecular weight is 273 g/mol. The van der Waals surface area contributed by atoms with Gasteiger partial charge in [-0.3, -0.25) is 0 Å². The van der Waals surface area contributed by atoms with Crippen LogP contribution in [0, 0.1) is 6.92 Å². The topological polar surface area (TPSA) is 61.1 Å². The van der Waals surface area contributed by atoms with Crippen LogP contribution < -0.4 is 4.57 Å². The first kappa shape index (κ1) is 17.1. The molecule has 0 N–H and O–H groups in total. The Balaban J connectivity index is 0.000000494. The monoisotopic (exact) mass is 273 g/mol. The van der Waals surface area contributed by atoms with Gasteiger partial charge in [0.15, 0.2) is 12.4 Å². The Morgan fingerprint density at radius 2 is 1.89 bits per heavy atom. The fourth-order valence-electron chi connectivity index (χ4n) is 1.51. The zero-order valence-electron chi connectivity index (χ0n) is 11.4. The number of hydrogen-bond acceptors (Lipinski definition) is 3. The summed E-state index contributed by atoms with van der Waals surface area (Å²) in [6.07, 6.45) is 10.3. The summed E-state index contributed by atoms with van der Waals surface area (Å²) < 4.78 is 29.5. The van der Waals surface area contributed by atoms with Crippen molar-refractivity contribution < 1.29 is 17.5 Å². The predicted octanol–water partition coefficient (Wildman–Crippen LogP) is 2.02. The molecule has 1 aromatic rings. The molecular weight excluding hydrogens is 250 g/mol. The number of unbranched alkanes of at least 4 members (excludes halogenated alkanes) is 3. The maximum absolute atomic E-state index is 9.08. The highest BCUT2D eigenvalue weighted by atomic mass is 32.2. The SMILES string of the molecule is CCCCCC[n+]1cccc(C)c1.CS(=O)(=O)[O-]. The van der Waals surface area contributed by atoms with Gasteiger partial charge in [-0.1, -0.05) is 19.8 Å². The van der Waals surface area contributed by atoms with Crippen molar-refractivity contribution in [2.24, 2.45) is 0 Å². The second-order valence-electron chi connectivity index (χ2n) is 4.38. The van der Waals surface area contributed by atoms with Gasteiger partial charge in [-0.25, -0.2) is 13.0 Å². The second kappa shape index (κ2) is 9.05. The molecule has 0 aliphatic rings. The molecule has 0 unspecified atom stereocenters. The van der Waals surface area contributed by atoms with Crippen LogP contribution in [0.4, 0.5) is 0 Å².